The van der Waals surface area contributed by atoms with Crippen LogP contribution in [0.25, 0.3) is 0 Å². The zero-order valence-corrected chi connectivity index (χ0v) is 11.9. The second-order valence-electron chi connectivity index (χ2n) is 6.02. The highest BCUT2D eigenvalue weighted by Crippen LogP contribution is 2.32. The fraction of sp³-hybridized carbons (Fsp3) is 0.857. The third kappa shape index (κ3) is 4.49. The van der Waals surface area contributed by atoms with Crippen LogP contribution < -0.4 is 11.1 Å². The van der Waals surface area contributed by atoms with Crippen molar-refractivity contribution in [2.75, 3.05) is 6.54 Å². The summed E-state index contributed by atoms with van der Waals surface area (Å²) in [7, 11) is 0. The van der Waals surface area contributed by atoms with Gasteiger partial charge >= 0.3 is 5.97 Å². The summed E-state index contributed by atoms with van der Waals surface area (Å²) in [5.74, 6) is -0.444. The highest BCUT2D eigenvalue weighted by atomic mass is 16.4. The quantitative estimate of drug-likeness (QED) is 0.682. The molecular weight excluding hydrogens is 244 g/mol. The average Bonchev–Trinajstić information content (AvgIpc) is 2.35. The summed E-state index contributed by atoms with van der Waals surface area (Å²) in [6, 6.07) is 0. The largest absolute Gasteiger partial charge is 0.480 e. The van der Waals surface area contributed by atoms with Crippen LogP contribution in [0.2, 0.25) is 0 Å². The van der Waals surface area contributed by atoms with E-state index < -0.39 is 11.5 Å². The normalized spacial score (nSPS) is 28.7. The Labute approximate surface area is 114 Å². The summed E-state index contributed by atoms with van der Waals surface area (Å²) in [6.07, 6.45) is 4.00. The Kier molecular flexibility index (Phi) is 5.79. The van der Waals surface area contributed by atoms with Crippen LogP contribution in [-0.2, 0) is 9.59 Å². The number of carboxylic acid groups (broad SMARTS) is 1. The Bertz CT molecular complexity index is 333. The molecule has 1 aliphatic carbocycles. The predicted molar refractivity (Wildman–Crippen MR) is 73.6 cm³/mol. The van der Waals surface area contributed by atoms with Crippen molar-refractivity contribution in [1.82, 2.24) is 5.32 Å². The van der Waals surface area contributed by atoms with Crippen molar-refractivity contribution >= 4 is 11.9 Å². The fourth-order valence-corrected chi connectivity index (χ4v) is 2.74. The zero-order chi connectivity index (χ0) is 14.5. The van der Waals surface area contributed by atoms with Crippen LogP contribution >= 0.6 is 0 Å². The van der Waals surface area contributed by atoms with E-state index in [1.165, 1.54) is 0 Å². The minimum atomic E-state index is -1.05. The van der Waals surface area contributed by atoms with Crippen molar-refractivity contribution in [3.05, 3.63) is 0 Å². The lowest BCUT2D eigenvalue weighted by atomic mass is 9.76. The Morgan fingerprint density at radius 1 is 1.53 bits per heavy atom. The first kappa shape index (κ1) is 16.0. The van der Waals surface area contributed by atoms with Gasteiger partial charge in [-0.05, 0) is 37.6 Å². The number of amides is 1. The van der Waals surface area contributed by atoms with E-state index in [0.29, 0.717) is 38.1 Å². The molecule has 1 amide bonds. The molecule has 5 heteroatoms. The zero-order valence-electron chi connectivity index (χ0n) is 11.9. The van der Waals surface area contributed by atoms with Crippen LogP contribution in [0, 0.1) is 11.8 Å². The lowest BCUT2D eigenvalue weighted by Gasteiger charge is -2.37. The highest BCUT2D eigenvalue weighted by molar-refractivity contribution is 5.87. The maximum absolute atomic E-state index is 11.9. The number of hydrogen-bond acceptors (Lipinski definition) is 3. The summed E-state index contributed by atoms with van der Waals surface area (Å²) in [4.78, 5) is 23.4. The van der Waals surface area contributed by atoms with Gasteiger partial charge in [-0.25, -0.2) is 4.79 Å². The van der Waals surface area contributed by atoms with Gasteiger partial charge in [0.05, 0.1) is 0 Å². The molecule has 0 aromatic rings. The number of carbonyl (C=O) groups is 2. The summed E-state index contributed by atoms with van der Waals surface area (Å²) < 4.78 is 0. The van der Waals surface area contributed by atoms with Gasteiger partial charge in [0.25, 0.3) is 0 Å². The van der Waals surface area contributed by atoms with E-state index in [0.717, 1.165) is 12.8 Å². The van der Waals surface area contributed by atoms with Crippen LogP contribution in [0.4, 0.5) is 0 Å². The molecule has 5 nitrogen and oxygen atoms in total. The second-order valence-corrected chi connectivity index (χ2v) is 6.02. The maximum atomic E-state index is 11.9. The van der Waals surface area contributed by atoms with Crippen LogP contribution in [0.15, 0.2) is 0 Å². The molecule has 1 saturated carbocycles. The fourth-order valence-electron chi connectivity index (χ4n) is 2.74. The van der Waals surface area contributed by atoms with Gasteiger partial charge in [-0.1, -0.05) is 26.7 Å². The molecule has 3 unspecified atom stereocenters. The predicted octanol–water partition coefficient (Wildman–Crippen LogP) is 1.51. The number of aliphatic carboxylic acids is 1. The number of rotatable bonds is 6. The molecule has 3 atom stereocenters. The molecule has 0 saturated heterocycles. The van der Waals surface area contributed by atoms with Gasteiger partial charge in [-0.15, -0.1) is 0 Å². The Morgan fingerprint density at radius 3 is 2.74 bits per heavy atom. The van der Waals surface area contributed by atoms with Crippen LogP contribution in [0.1, 0.15) is 52.4 Å². The van der Waals surface area contributed by atoms with Crippen molar-refractivity contribution in [3.8, 4) is 0 Å². The summed E-state index contributed by atoms with van der Waals surface area (Å²) >= 11 is 0. The van der Waals surface area contributed by atoms with Gasteiger partial charge in [0.15, 0.2) is 0 Å². The Hall–Kier alpha value is -1.10. The van der Waals surface area contributed by atoms with Crippen molar-refractivity contribution < 1.29 is 14.7 Å². The first-order chi connectivity index (χ1) is 8.89. The van der Waals surface area contributed by atoms with Crippen molar-refractivity contribution in [2.24, 2.45) is 17.6 Å². The number of nitrogens with two attached hydrogens (primary N) is 1. The molecule has 4 N–H and O–H groups in total. The summed E-state index contributed by atoms with van der Waals surface area (Å²) in [6.45, 7) is 4.58. The average molecular weight is 270 g/mol. The Balaban J connectivity index is 2.58. The summed E-state index contributed by atoms with van der Waals surface area (Å²) in [5.41, 5.74) is 4.45. The van der Waals surface area contributed by atoms with Gasteiger partial charge in [0, 0.05) is 6.42 Å². The molecule has 0 aliphatic heterocycles. The monoisotopic (exact) mass is 270 g/mol. The third-order valence-electron chi connectivity index (χ3n) is 4.05. The third-order valence-corrected chi connectivity index (χ3v) is 4.05. The number of hydrogen-bond donors (Lipinski definition) is 3. The second kappa shape index (κ2) is 6.89. The smallest absolute Gasteiger partial charge is 0.329 e. The molecule has 1 rings (SSSR count). The number of nitrogens with one attached hydrogen (secondary N) is 1. The van der Waals surface area contributed by atoms with Crippen LogP contribution in [0.3, 0.4) is 0 Å². The molecule has 0 bridgehead atoms. The van der Waals surface area contributed by atoms with Crippen LogP contribution in [-0.4, -0.2) is 29.1 Å². The lowest BCUT2D eigenvalue weighted by molar-refractivity contribution is -0.150. The van der Waals surface area contributed by atoms with E-state index in [2.05, 4.69) is 5.32 Å². The van der Waals surface area contributed by atoms with Crippen molar-refractivity contribution in [1.29, 1.82) is 0 Å². The van der Waals surface area contributed by atoms with E-state index in [9.17, 15) is 14.7 Å². The molecule has 19 heavy (non-hydrogen) atoms. The van der Waals surface area contributed by atoms with E-state index in [-0.39, 0.29) is 11.8 Å². The molecule has 1 aliphatic rings. The van der Waals surface area contributed by atoms with Gasteiger partial charge in [-0.3, -0.25) is 4.79 Å². The summed E-state index contributed by atoms with van der Waals surface area (Å²) in [5, 5.41) is 12.2. The van der Waals surface area contributed by atoms with Gasteiger partial charge in [0.1, 0.15) is 5.54 Å². The molecule has 0 radical (unpaired) electrons. The minimum absolute atomic E-state index is 0.170. The van der Waals surface area contributed by atoms with Crippen molar-refractivity contribution in [3.63, 3.8) is 0 Å². The van der Waals surface area contributed by atoms with Crippen molar-refractivity contribution in [2.45, 2.75) is 57.9 Å². The Morgan fingerprint density at radius 2 is 2.21 bits per heavy atom. The first-order valence-electron chi connectivity index (χ1n) is 7.14. The van der Waals surface area contributed by atoms with Crippen LogP contribution in [0.5, 0.6) is 0 Å². The molecule has 1 fully saturated rings. The molecule has 110 valence electrons. The van der Waals surface area contributed by atoms with Gasteiger partial charge < -0.3 is 16.2 Å². The minimum Gasteiger partial charge on any atom is -0.480 e. The van der Waals surface area contributed by atoms with E-state index in [4.69, 9.17) is 5.73 Å². The molecule has 0 spiro atoms. The maximum Gasteiger partial charge on any atom is 0.329 e. The SMILES string of the molecule is CC(CN)CCC(=O)NC1(C(=O)O)CCCC(C)C1. The highest BCUT2D eigenvalue weighted by Gasteiger charge is 2.42. The molecule has 0 aromatic carbocycles. The molecule has 0 heterocycles. The van der Waals surface area contributed by atoms with E-state index in [1.807, 2.05) is 13.8 Å². The molecule has 0 aromatic heterocycles. The number of carboxylic acids is 1. The topological polar surface area (TPSA) is 92.4 Å². The number of carbonyl (C=O) groups excluding carboxylic acids is 1. The lowest BCUT2D eigenvalue weighted by Crippen LogP contribution is -2.56. The van der Waals surface area contributed by atoms with Gasteiger partial charge in [-0.2, -0.15) is 0 Å². The molecular formula is C14H26N2O3. The first-order valence-corrected chi connectivity index (χ1v) is 7.14. The standard InChI is InChI=1S/C14H26N2O3/c1-10-4-3-7-14(8-10,13(18)19)16-12(17)6-5-11(2)9-15/h10-11H,3-9,15H2,1-2H3,(H,16,17)(H,18,19). The van der Waals surface area contributed by atoms with E-state index in [1.54, 1.807) is 0 Å². The van der Waals surface area contributed by atoms with Gasteiger partial charge in [0.2, 0.25) is 5.91 Å². The van der Waals surface area contributed by atoms with E-state index >= 15 is 0 Å².